The number of rotatable bonds is 3. The van der Waals surface area contributed by atoms with E-state index in [-0.39, 0.29) is 11.8 Å². The Bertz CT molecular complexity index is 153. The van der Waals surface area contributed by atoms with Crippen LogP contribution in [0.2, 0.25) is 0 Å². The number of hydrogen-bond acceptors (Lipinski definition) is 3. The summed E-state index contributed by atoms with van der Waals surface area (Å²) in [4.78, 5) is 11.6. The minimum Gasteiger partial charge on any atom is -0.381 e. The molecule has 0 aromatic heterocycles. The van der Waals surface area contributed by atoms with Gasteiger partial charge in [-0.25, -0.2) is 0 Å². The fourth-order valence-corrected chi connectivity index (χ4v) is 1.50. The zero-order chi connectivity index (χ0) is 8.97. The van der Waals surface area contributed by atoms with Gasteiger partial charge in [0, 0.05) is 31.6 Å². The first-order chi connectivity index (χ1) is 5.75. The van der Waals surface area contributed by atoms with Crippen molar-refractivity contribution in [2.45, 2.75) is 19.8 Å². The van der Waals surface area contributed by atoms with Crippen LogP contribution < -0.4 is 5.73 Å². The smallest absolute Gasteiger partial charge is 0.140 e. The second kappa shape index (κ2) is 4.58. The molecule has 0 saturated carbocycles. The number of carbonyl (C=O) groups is 1. The number of hydrogen-bond donors (Lipinski definition) is 1. The molecule has 1 aliphatic rings. The Kier molecular flexibility index (Phi) is 3.69. The van der Waals surface area contributed by atoms with E-state index in [1.54, 1.807) is 0 Å². The van der Waals surface area contributed by atoms with E-state index in [1.165, 1.54) is 0 Å². The number of carbonyl (C=O) groups excluding carboxylic acids is 1. The molecule has 0 bridgehead atoms. The predicted octanol–water partition coefficient (Wildman–Crippen LogP) is 0.577. The van der Waals surface area contributed by atoms with Crippen LogP contribution >= 0.6 is 0 Å². The maximum absolute atomic E-state index is 11.6. The lowest BCUT2D eigenvalue weighted by Crippen LogP contribution is -2.31. The normalized spacial score (nSPS) is 22.2. The molecule has 1 fully saturated rings. The molecule has 1 atom stereocenters. The van der Waals surface area contributed by atoms with Crippen molar-refractivity contribution < 1.29 is 9.53 Å². The third kappa shape index (κ3) is 2.29. The lowest BCUT2D eigenvalue weighted by atomic mass is 9.88. The first kappa shape index (κ1) is 9.68. The van der Waals surface area contributed by atoms with Crippen molar-refractivity contribution in [1.29, 1.82) is 0 Å². The Hall–Kier alpha value is -0.410. The second-order valence-corrected chi connectivity index (χ2v) is 3.43. The van der Waals surface area contributed by atoms with Crippen molar-refractivity contribution in [3.05, 3.63) is 0 Å². The molecule has 0 radical (unpaired) electrons. The highest BCUT2D eigenvalue weighted by atomic mass is 16.5. The summed E-state index contributed by atoms with van der Waals surface area (Å²) in [5, 5.41) is 0. The molecule has 1 heterocycles. The highest BCUT2D eigenvalue weighted by molar-refractivity contribution is 5.83. The lowest BCUT2D eigenvalue weighted by molar-refractivity contribution is -0.128. The van der Waals surface area contributed by atoms with Crippen LogP contribution in [0, 0.1) is 11.8 Å². The zero-order valence-corrected chi connectivity index (χ0v) is 7.58. The molecule has 2 N–H and O–H groups in total. The minimum atomic E-state index is 0.0214. The predicted molar refractivity (Wildman–Crippen MR) is 46.8 cm³/mol. The van der Waals surface area contributed by atoms with Gasteiger partial charge in [0.25, 0.3) is 0 Å². The van der Waals surface area contributed by atoms with Gasteiger partial charge in [0.05, 0.1) is 0 Å². The summed E-state index contributed by atoms with van der Waals surface area (Å²) in [6.07, 6.45) is 1.76. The molecular formula is C9H17NO2. The van der Waals surface area contributed by atoms with Crippen LogP contribution in [0.4, 0.5) is 0 Å². The largest absolute Gasteiger partial charge is 0.381 e. The Morgan fingerprint density at radius 2 is 2.17 bits per heavy atom. The molecule has 1 rings (SSSR count). The maximum Gasteiger partial charge on any atom is 0.140 e. The van der Waals surface area contributed by atoms with Gasteiger partial charge in [0.2, 0.25) is 0 Å². The zero-order valence-electron chi connectivity index (χ0n) is 7.58. The SMILES string of the molecule is CC(CN)C(=O)C1CCOCC1. The van der Waals surface area contributed by atoms with Crippen molar-refractivity contribution in [2.75, 3.05) is 19.8 Å². The standard InChI is InChI=1S/C9H17NO2/c1-7(6-10)9(11)8-2-4-12-5-3-8/h7-8H,2-6,10H2,1H3. The average molecular weight is 171 g/mol. The summed E-state index contributed by atoms with van der Waals surface area (Å²) in [6.45, 7) is 3.83. The molecule has 1 saturated heterocycles. The van der Waals surface area contributed by atoms with Gasteiger partial charge in [0.15, 0.2) is 0 Å². The Morgan fingerprint density at radius 1 is 1.58 bits per heavy atom. The third-order valence-corrected chi connectivity index (χ3v) is 2.46. The van der Waals surface area contributed by atoms with Crippen molar-refractivity contribution in [3.8, 4) is 0 Å². The van der Waals surface area contributed by atoms with Crippen LogP contribution in [0.5, 0.6) is 0 Å². The molecule has 3 nitrogen and oxygen atoms in total. The molecule has 12 heavy (non-hydrogen) atoms. The van der Waals surface area contributed by atoms with E-state index in [0.29, 0.717) is 12.3 Å². The minimum absolute atomic E-state index is 0.0214. The van der Waals surface area contributed by atoms with Crippen molar-refractivity contribution in [1.82, 2.24) is 0 Å². The van der Waals surface area contributed by atoms with E-state index in [2.05, 4.69) is 0 Å². The summed E-state index contributed by atoms with van der Waals surface area (Å²) in [6, 6.07) is 0. The summed E-state index contributed by atoms with van der Waals surface area (Å²) < 4.78 is 5.18. The molecule has 3 heteroatoms. The maximum atomic E-state index is 11.6. The molecule has 0 aliphatic carbocycles. The van der Waals surface area contributed by atoms with Crippen molar-refractivity contribution in [3.63, 3.8) is 0 Å². The van der Waals surface area contributed by atoms with E-state index in [0.717, 1.165) is 26.1 Å². The van der Waals surface area contributed by atoms with Gasteiger partial charge in [-0.15, -0.1) is 0 Å². The van der Waals surface area contributed by atoms with E-state index in [4.69, 9.17) is 10.5 Å². The Morgan fingerprint density at radius 3 is 2.67 bits per heavy atom. The quantitative estimate of drug-likeness (QED) is 0.675. The van der Waals surface area contributed by atoms with Gasteiger partial charge >= 0.3 is 0 Å². The number of ketones is 1. The van der Waals surface area contributed by atoms with Gasteiger partial charge in [-0.05, 0) is 12.8 Å². The molecule has 70 valence electrons. The Labute approximate surface area is 73.3 Å². The van der Waals surface area contributed by atoms with Crippen LogP contribution in [0.3, 0.4) is 0 Å². The summed E-state index contributed by atoms with van der Waals surface area (Å²) in [5.41, 5.74) is 5.43. The van der Waals surface area contributed by atoms with Gasteiger partial charge in [-0.1, -0.05) is 6.92 Å². The fraction of sp³-hybridized carbons (Fsp3) is 0.889. The van der Waals surface area contributed by atoms with E-state index in [9.17, 15) is 4.79 Å². The van der Waals surface area contributed by atoms with Crippen LogP contribution in [0.15, 0.2) is 0 Å². The van der Waals surface area contributed by atoms with Crippen LogP contribution in [-0.2, 0) is 9.53 Å². The molecule has 0 amide bonds. The molecule has 1 unspecified atom stereocenters. The molecule has 1 aliphatic heterocycles. The first-order valence-electron chi connectivity index (χ1n) is 4.57. The summed E-state index contributed by atoms with van der Waals surface area (Å²) in [5.74, 6) is 0.547. The summed E-state index contributed by atoms with van der Waals surface area (Å²) >= 11 is 0. The highest BCUT2D eigenvalue weighted by Gasteiger charge is 2.24. The third-order valence-electron chi connectivity index (χ3n) is 2.46. The highest BCUT2D eigenvalue weighted by Crippen LogP contribution is 2.18. The molecule has 0 aromatic carbocycles. The van der Waals surface area contributed by atoms with Gasteiger partial charge in [0.1, 0.15) is 5.78 Å². The number of ether oxygens (including phenoxy) is 1. The second-order valence-electron chi connectivity index (χ2n) is 3.43. The first-order valence-corrected chi connectivity index (χ1v) is 4.57. The van der Waals surface area contributed by atoms with Crippen LogP contribution in [-0.4, -0.2) is 25.5 Å². The van der Waals surface area contributed by atoms with Crippen molar-refractivity contribution in [2.24, 2.45) is 17.6 Å². The monoisotopic (exact) mass is 171 g/mol. The summed E-state index contributed by atoms with van der Waals surface area (Å²) in [7, 11) is 0. The lowest BCUT2D eigenvalue weighted by Gasteiger charge is -2.22. The Balaban J connectivity index is 2.39. The van der Waals surface area contributed by atoms with Gasteiger partial charge in [-0.2, -0.15) is 0 Å². The number of Topliss-reactive ketones (excluding diaryl/α,β-unsaturated/α-hetero) is 1. The topological polar surface area (TPSA) is 52.3 Å². The number of nitrogens with two attached hydrogens (primary N) is 1. The van der Waals surface area contributed by atoms with Crippen LogP contribution in [0.1, 0.15) is 19.8 Å². The molecular weight excluding hydrogens is 154 g/mol. The van der Waals surface area contributed by atoms with Crippen LogP contribution in [0.25, 0.3) is 0 Å². The molecule has 0 aromatic rings. The van der Waals surface area contributed by atoms with Gasteiger partial charge in [-0.3, -0.25) is 4.79 Å². The van der Waals surface area contributed by atoms with E-state index < -0.39 is 0 Å². The van der Waals surface area contributed by atoms with Crippen molar-refractivity contribution >= 4 is 5.78 Å². The van der Waals surface area contributed by atoms with E-state index in [1.807, 2.05) is 6.92 Å². The molecule has 0 spiro atoms. The van der Waals surface area contributed by atoms with E-state index >= 15 is 0 Å². The average Bonchev–Trinajstić information content (AvgIpc) is 2.17. The van der Waals surface area contributed by atoms with Gasteiger partial charge < -0.3 is 10.5 Å². The fourth-order valence-electron chi connectivity index (χ4n) is 1.50.